The number of aromatic hydroxyl groups is 1. The molecule has 0 atom stereocenters. The van der Waals surface area contributed by atoms with Gasteiger partial charge in [-0.2, -0.15) is 0 Å². The number of oxazole rings is 1. The van der Waals surface area contributed by atoms with E-state index in [2.05, 4.69) is 4.98 Å². The molecule has 1 aromatic heterocycles. The first-order valence-electron chi connectivity index (χ1n) is 4.47. The number of nitro benzene ring substituents is 1. The van der Waals surface area contributed by atoms with E-state index in [1.165, 1.54) is 24.6 Å². The molecule has 6 nitrogen and oxygen atoms in total. The van der Waals surface area contributed by atoms with Crippen molar-refractivity contribution in [2.75, 3.05) is 0 Å². The molecule has 0 aliphatic heterocycles. The number of nitrogens with zero attached hydrogens (tertiary/aromatic N) is 2. The maximum atomic E-state index is 10.6. The van der Waals surface area contributed by atoms with E-state index in [9.17, 15) is 15.2 Å². The Morgan fingerprint density at radius 2 is 2.25 bits per heavy atom. The van der Waals surface area contributed by atoms with E-state index in [-0.39, 0.29) is 11.4 Å². The fraction of sp³-hybridized carbons (Fsp3) is 0.100. The van der Waals surface area contributed by atoms with Gasteiger partial charge in [-0.1, -0.05) is 0 Å². The third-order valence-corrected chi connectivity index (χ3v) is 2.18. The van der Waals surface area contributed by atoms with Crippen LogP contribution in [-0.2, 0) is 0 Å². The van der Waals surface area contributed by atoms with Gasteiger partial charge in [0.1, 0.15) is 0 Å². The zero-order valence-corrected chi connectivity index (χ0v) is 8.38. The molecule has 0 unspecified atom stereocenters. The van der Waals surface area contributed by atoms with Crippen molar-refractivity contribution in [2.24, 2.45) is 0 Å². The third-order valence-electron chi connectivity index (χ3n) is 2.18. The van der Waals surface area contributed by atoms with Crippen molar-refractivity contribution in [3.8, 4) is 17.1 Å². The van der Waals surface area contributed by atoms with Crippen LogP contribution in [0, 0.1) is 17.0 Å². The molecule has 0 spiro atoms. The zero-order valence-electron chi connectivity index (χ0n) is 8.38. The average Bonchev–Trinajstić information content (AvgIpc) is 2.65. The molecule has 16 heavy (non-hydrogen) atoms. The predicted octanol–water partition coefficient (Wildman–Crippen LogP) is 2.26. The molecule has 0 fully saturated rings. The SMILES string of the molecule is Cc1ncoc1-c1ccc(O)c([N+](=O)[O-])c1. The van der Waals surface area contributed by atoms with Crippen molar-refractivity contribution in [3.63, 3.8) is 0 Å². The normalized spacial score (nSPS) is 10.3. The molecular weight excluding hydrogens is 212 g/mol. The maximum Gasteiger partial charge on any atom is 0.311 e. The summed E-state index contributed by atoms with van der Waals surface area (Å²) in [5, 5.41) is 19.9. The molecule has 82 valence electrons. The Hall–Kier alpha value is -2.37. The molecule has 0 amide bonds. The second-order valence-electron chi connectivity index (χ2n) is 3.23. The van der Waals surface area contributed by atoms with E-state index in [0.717, 1.165) is 0 Å². The number of benzene rings is 1. The monoisotopic (exact) mass is 220 g/mol. The van der Waals surface area contributed by atoms with Crippen molar-refractivity contribution in [2.45, 2.75) is 6.92 Å². The molecule has 0 saturated carbocycles. The minimum atomic E-state index is -0.648. The largest absolute Gasteiger partial charge is 0.502 e. The minimum absolute atomic E-state index is 0.353. The first kappa shape index (κ1) is 10.2. The molecule has 1 heterocycles. The van der Waals surface area contributed by atoms with Gasteiger partial charge in [0.15, 0.2) is 17.9 Å². The van der Waals surface area contributed by atoms with Crippen LogP contribution in [0.25, 0.3) is 11.3 Å². The molecule has 1 N–H and O–H groups in total. The second-order valence-corrected chi connectivity index (χ2v) is 3.23. The van der Waals surface area contributed by atoms with Gasteiger partial charge in [-0.25, -0.2) is 4.98 Å². The van der Waals surface area contributed by atoms with Crippen molar-refractivity contribution in [3.05, 3.63) is 40.4 Å². The molecule has 2 aromatic rings. The van der Waals surface area contributed by atoms with Crippen LogP contribution in [-0.4, -0.2) is 15.0 Å². The summed E-state index contributed by atoms with van der Waals surface area (Å²) < 4.78 is 5.11. The number of phenols is 1. The topological polar surface area (TPSA) is 89.4 Å². The molecule has 0 saturated heterocycles. The highest BCUT2D eigenvalue weighted by atomic mass is 16.6. The van der Waals surface area contributed by atoms with Gasteiger partial charge in [-0.3, -0.25) is 10.1 Å². The molecule has 0 bridgehead atoms. The van der Waals surface area contributed by atoms with Gasteiger partial charge in [-0.15, -0.1) is 0 Å². The lowest BCUT2D eigenvalue weighted by atomic mass is 10.1. The number of aromatic nitrogens is 1. The lowest BCUT2D eigenvalue weighted by Gasteiger charge is -1.99. The standard InChI is InChI=1S/C10H8N2O4/c1-6-10(16-5-11-6)7-2-3-9(13)8(4-7)12(14)15/h2-5,13H,1H3. The lowest BCUT2D eigenvalue weighted by molar-refractivity contribution is -0.385. The van der Waals surface area contributed by atoms with Gasteiger partial charge < -0.3 is 9.52 Å². The zero-order chi connectivity index (χ0) is 11.7. The van der Waals surface area contributed by atoms with Crippen LogP contribution in [0.4, 0.5) is 5.69 Å². The van der Waals surface area contributed by atoms with E-state index >= 15 is 0 Å². The van der Waals surface area contributed by atoms with Gasteiger partial charge in [0.05, 0.1) is 10.6 Å². The van der Waals surface area contributed by atoms with Crippen molar-refractivity contribution >= 4 is 5.69 Å². The minimum Gasteiger partial charge on any atom is -0.502 e. The highest BCUT2D eigenvalue weighted by Gasteiger charge is 2.16. The maximum absolute atomic E-state index is 10.6. The Kier molecular flexibility index (Phi) is 2.32. The molecule has 6 heteroatoms. The van der Waals surface area contributed by atoms with Gasteiger partial charge in [0.2, 0.25) is 0 Å². The average molecular weight is 220 g/mol. The Morgan fingerprint density at radius 1 is 1.50 bits per heavy atom. The number of rotatable bonds is 2. The van der Waals surface area contributed by atoms with Crippen LogP contribution in [0.1, 0.15) is 5.69 Å². The van der Waals surface area contributed by atoms with E-state index in [0.29, 0.717) is 17.0 Å². The first-order valence-corrected chi connectivity index (χ1v) is 4.47. The van der Waals surface area contributed by atoms with E-state index < -0.39 is 4.92 Å². The van der Waals surface area contributed by atoms with Gasteiger partial charge in [0, 0.05) is 11.6 Å². The Bertz CT molecular complexity index is 548. The van der Waals surface area contributed by atoms with Crippen LogP contribution in [0.5, 0.6) is 5.75 Å². The number of hydrogen-bond acceptors (Lipinski definition) is 5. The fourth-order valence-corrected chi connectivity index (χ4v) is 1.39. The smallest absolute Gasteiger partial charge is 0.311 e. The molecular formula is C10H8N2O4. The Morgan fingerprint density at radius 3 is 2.81 bits per heavy atom. The summed E-state index contributed by atoms with van der Waals surface area (Å²) in [6, 6.07) is 4.05. The predicted molar refractivity (Wildman–Crippen MR) is 55.0 cm³/mol. The summed E-state index contributed by atoms with van der Waals surface area (Å²) in [6.45, 7) is 1.73. The summed E-state index contributed by atoms with van der Waals surface area (Å²) in [5.74, 6) is 0.0917. The summed E-state index contributed by atoms with van der Waals surface area (Å²) in [5.41, 5.74) is 0.799. The Labute approximate surface area is 90.3 Å². The van der Waals surface area contributed by atoms with Gasteiger partial charge >= 0.3 is 5.69 Å². The number of hydrogen-bond donors (Lipinski definition) is 1. The summed E-state index contributed by atoms with van der Waals surface area (Å²) in [7, 11) is 0. The van der Waals surface area contributed by atoms with Crippen LogP contribution < -0.4 is 0 Å². The first-order chi connectivity index (χ1) is 7.59. The van der Waals surface area contributed by atoms with Gasteiger partial charge in [0.25, 0.3) is 0 Å². The van der Waals surface area contributed by atoms with Crippen molar-refractivity contribution < 1.29 is 14.4 Å². The van der Waals surface area contributed by atoms with Crippen LogP contribution >= 0.6 is 0 Å². The third kappa shape index (κ3) is 1.60. The van der Waals surface area contributed by atoms with Crippen LogP contribution in [0.3, 0.4) is 0 Å². The van der Waals surface area contributed by atoms with Crippen molar-refractivity contribution in [1.29, 1.82) is 0 Å². The fourth-order valence-electron chi connectivity index (χ4n) is 1.39. The summed E-state index contributed by atoms with van der Waals surface area (Å²) in [6.07, 6.45) is 1.27. The number of phenolic OH excluding ortho intramolecular Hbond substituents is 1. The Balaban J connectivity index is 2.56. The molecule has 0 aliphatic rings. The van der Waals surface area contributed by atoms with Crippen LogP contribution in [0.15, 0.2) is 29.0 Å². The molecule has 1 aromatic carbocycles. The molecule has 0 radical (unpaired) electrons. The molecule has 0 aliphatic carbocycles. The number of nitro groups is 1. The highest BCUT2D eigenvalue weighted by molar-refractivity contribution is 5.65. The van der Waals surface area contributed by atoms with E-state index in [1.807, 2.05) is 0 Å². The van der Waals surface area contributed by atoms with E-state index in [1.54, 1.807) is 6.92 Å². The highest BCUT2D eigenvalue weighted by Crippen LogP contribution is 2.32. The quantitative estimate of drug-likeness (QED) is 0.619. The second kappa shape index (κ2) is 3.65. The molecule has 2 rings (SSSR count). The van der Waals surface area contributed by atoms with Crippen LogP contribution in [0.2, 0.25) is 0 Å². The van der Waals surface area contributed by atoms with E-state index in [4.69, 9.17) is 4.42 Å². The number of aryl methyl sites for hydroxylation is 1. The van der Waals surface area contributed by atoms with Gasteiger partial charge in [-0.05, 0) is 19.1 Å². The lowest BCUT2D eigenvalue weighted by Crippen LogP contribution is -1.89. The summed E-state index contributed by atoms with van der Waals surface area (Å²) in [4.78, 5) is 13.9. The summed E-state index contributed by atoms with van der Waals surface area (Å²) >= 11 is 0. The van der Waals surface area contributed by atoms with Crippen molar-refractivity contribution in [1.82, 2.24) is 4.98 Å².